The van der Waals surface area contributed by atoms with Crippen molar-refractivity contribution in [2.75, 3.05) is 5.73 Å². The Hall–Kier alpha value is -3.67. The summed E-state index contributed by atoms with van der Waals surface area (Å²) in [6.45, 7) is 0. The molecule has 25 heavy (non-hydrogen) atoms. The molecule has 0 aromatic heterocycles. The molecule has 0 aliphatic rings. The molecule has 0 aliphatic carbocycles. The number of hydrogen-bond acceptors (Lipinski definition) is 6. The minimum Gasteiger partial charge on any atom is -0.399 e. The van der Waals surface area contributed by atoms with Crippen molar-refractivity contribution in [1.82, 2.24) is 0 Å². The highest BCUT2D eigenvalue weighted by molar-refractivity contribution is 5.75. The first-order valence-corrected chi connectivity index (χ1v) is 7.57. The van der Waals surface area contributed by atoms with Gasteiger partial charge in [-0.3, -0.25) is 4.79 Å². The minimum atomic E-state index is 0.606. The van der Waals surface area contributed by atoms with E-state index in [-0.39, 0.29) is 0 Å². The van der Waals surface area contributed by atoms with Gasteiger partial charge in [-0.15, -0.1) is 0 Å². The van der Waals surface area contributed by atoms with Crippen LogP contribution in [0.4, 0.5) is 28.4 Å². The maximum atomic E-state index is 10.6. The molecule has 0 aliphatic heterocycles. The number of hydrogen-bond donors (Lipinski definition) is 1. The number of carbonyl (C=O) groups excluding carboxylic acids is 1. The summed E-state index contributed by atoms with van der Waals surface area (Å²) in [5.74, 6) is 0. The fraction of sp³-hybridized carbons (Fsp3) is 0. The lowest BCUT2D eigenvalue weighted by Crippen LogP contribution is -1.80. The molecule has 0 saturated carbocycles. The molecule has 0 radical (unpaired) electrons. The van der Waals surface area contributed by atoms with Crippen LogP contribution < -0.4 is 5.73 Å². The third-order valence-electron chi connectivity index (χ3n) is 3.33. The van der Waals surface area contributed by atoms with Crippen LogP contribution in [0.5, 0.6) is 0 Å². The Labute approximate surface area is 144 Å². The topological polar surface area (TPSA) is 92.5 Å². The molecule has 0 atom stereocenters. The van der Waals surface area contributed by atoms with E-state index in [0.29, 0.717) is 28.3 Å². The predicted molar refractivity (Wildman–Crippen MR) is 97.5 cm³/mol. The molecule has 0 unspecified atom stereocenters. The maximum Gasteiger partial charge on any atom is 0.150 e. The largest absolute Gasteiger partial charge is 0.399 e. The summed E-state index contributed by atoms with van der Waals surface area (Å²) < 4.78 is 0. The van der Waals surface area contributed by atoms with Crippen molar-refractivity contribution in [1.29, 1.82) is 0 Å². The van der Waals surface area contributed by atoms with Crippen molar-refractivity contribution >= 4 is 34.7 Å². The van der Waals surface area contributed by atoms with Crippen LogP contribution in [-0.4, -0.2) is 6.29 Å². The fourth-order valence-corrected chi connectivity index (χ4v) is 1.98. The Morgan fingerprint density at radius 1 is 0.560 bits per heavy atom. The summed E-state index contributed by atoms with van der Waals surface area (Å²) >= 11 is 0. The van der Waals surface area contributed by atoms with Gasteiger partial charge in [0.2, 0.25) is 0 Å². The van der Waals surface area contributed by atoms with Gasteiger partial charge in [0.15, 0.2) is 0 Å². The molecule has 0 amide bonds. The van der Waals surface area contributed by atoms with Gasteiger partial charge in [-0.1, -0.05) is 0 Å². The molecule has 0 spiro atoms. The van der Waals surface area contributed by atoms with E-state index >= 15 is 0 Å². The Balaban J connectivity index is 1.65. The first kappa shape index (κ1) is 16.2. The molecule has 0 heterocycles. The van der Waals surface area contributed by atoms with E-state index in [4.69, 9.17) is 5.73 Å². The standard InChI is InChI=1S/C19H15N5O/c20-15-3-7-17(8-4-15)22-24-19-11-9-18(10-12-19)23-21-16-5-1-14(13-25)2-6-16/h1-13H,20H2. The molecular weight excluding hydrogens is 314 g/mol. The number of anilines is 1. The van der Waals surface area contributed by atoms with Gasteiger partial charge in [0.05, 0.1) is 22.7 Å². The van der Waals surface area contributed by atoms with Gasteiger partial charge < -0.3 is 5.73 Å². The Morgan fingerprint density at radius 3 is 1.24 bits per heavy atom. The van der Waals surface area contributed by atoms with Crippen LogP contribution >= 0.6 is 0 Å². The van der Waals surface area contributed by atoms with Crippen molar-refractivity contribution in [3.05, 3.63) is 78.4 Å². The molecule has 6 nitrogen and oxygen atoms in total. The van der Waals surface area contributed by atoms with Crippen LogP contribution in [0.15, 0.2) is 93.3 Å². The second kappa shape index (κ2) is 7.74. The molecule has 122 valence electrons. The average Bonchev–Trinajstić information content (AvgIpc) is 2.67. The lowest BCUT2D eigenvalue weighted by atomic mass is 10.2. The van der Waals surface area contributed by atoms with Crippen molar-refractivity contribution in [2.45, 2.75) is 0 Å². The molecule has 0 saturated heterocycles. The summed E-state index contributed by atoms with van der Waals surface area (Å²) in [5, 5.41) is 16.6. The normalized spacial score (nSPS) is 11.2. The quantitative estimate of drug-likeness (QED) is 0.358. The van der Waals surface area contributed by atoms with Crippen molar-refractivity contribution in [3.8, 4) is 0 Å². The molecule has 3 rings (SSSR count). The Morgan fingerprint density at radius 2 is 0.880 bits per heavy atom. The molecule has 2 N–H and O–H groups in total. The molecule has 0 bridgehead atoms. The average molecular weight is 329 g/mol. The van der Waals surface area contributed by atoms with Crippen LogP contribution in [0.25, 0.3) is 0 Å². The molecule has 3 aromatic carbocycles. The van der Waals surface area contributed by atoms with Crippen LogP contribution in [0.2, 0.25) is 0 Å². The third kappa shape index (κ3) is 4.65. The van der Waals surface area contributed by atoms with Crippen molar-refractivity contribution in [2.24, 2.45) is 20.5 Å². The zero-order valence-corrected chi connectivity index (χ0v) is 13.3. The van der Waals surface area contributed by atoms with Gasteiger partial charge in [-0.2, -0.15) is 20.5 Å². The highest BCUT2D eigenvalue weighted by Crippen LogP contribution is 2.23. The Bertz CT molecular complexity index is 898. The summed E-state index contributed by atoms with van der Waals surface area (Å²) in [4.78, 5) is 10.6. The van der Waals surface area contributed by atoms with Crippen molar-refractivity contribution < 1.29 is 4.79 Å². The summed E-state index contributed by atoms with van der Waals surface area (Å²) in [5.41, 5.74) is 9.75. The molecule has 0 fully saturated rings. The van der Waals surface area contributed by atoms with Crippen LogP contribution in [-0.2, 0) is 0 Å². The van der Waals surface area contributed by atoms with E-state index in [1.807, 2.05) is 12.1 Å². The number of azo groups is 2. The van der Waals surface area contributed by atoms with E-state index in [1.54, 1.807) is 60.7 Å². The second-order valence-electron chi connectivity index (χ2n) is 5.22. The molecule has 3 aromatic rings. The number of benzene rings is 3. The van der Waals surface area contributed by atoms with Crippen molar-refractivity contribution in [3.63, 3.8) is 0 Å². The molecular formula is C19H15N5O. The monoisotopic (exact) mass is 329 g/mol. The Kier molecular flexibility index (Phi) is 5.01. The second-order valence-corrected chi connectivity index (χ2v) is 5.22. The van der Waals surface area contributed by atoms with Gasteiger partial charge in [0.25, 0.3) is 0 Å². The number of nitrogens with zero attached hydrogens (tertiary/aromatic N) is 4. The number of nitrogens with two attached hydrogens (primary N) is 1. The SMILES string of the molecule is Nc1ccc(N=Nc2ccc(N=Nc3ccc(C=O)cc3)cc2)cc1. The summed E-state index contributed by atoms with van der Waals surface area (Å²) in [6.07, 6.45) is 0.790. The number of rotatable bonds is 5. The van der Waals surface area contributed by atoms with Gasteiger partial charge in [0, 0.05) is 11.3 Å². The predicted octanol–water partition coefficient (Wildman–Crippen LogP) is 5.91. The lowest BCUT2D eigenvalue weighted by molar-refractivity contribution is 0.112. The van der Waals surface area contributed by atoms with Crippen LogP contribution in [0, 0.1) is 0 Å². The van der Waals surface area contributed by atoms with Crippen LogP contribution in [0.1, 0.15) is 10.4 Å². The zero-order valence-electron chi connectivity index (χ0n) is 13.3. The van der Waals surface area contributed by atoms with E-state index in [2.05, 4.69) is 20.5 Å². The van der Waals surface area contributed by atoms with Gasteiger partial charge >= 0.3 is 0 Å². The lowest BCUT2D eigenvalue weighted by Gasteiger charge is -1.96. The van der Waals surface area contributed by atoms with E-state index in [0.717, 1.165) is 12.0 Å². The number of nitrogen functional groups attached to an aromatic ring is 1. The van der Waals surface area contributed by atoms with E-state index < -0.39 is 0 Å². The fourth-order valence-electron chi connectivity index (χ4n) is 1.98. The maximum absolute atomic E-state index is 10.6. The minimum absolute atomic E-state index is 0.606. The first-order valence-electron chi connectivity index (χ1n) is 7.57. The summed E-state index contributed by atoms with van der Waals surface area (Å²) in [6, 6.07) is 21.3. The number of carbonyl (C=O) groups is 1. The first-order chi connectivity index (χ1) is 12.2. The smallest absolute Gasteiger partial charge is 0.150 e. The molecule has 6 heteroatoms. The zero-order chi connectivity index (χ0) is 17.5. The van der Waals surface area contributed by atoms with Gasteiger partial charge in [-0.25, -0.2) is 0 Å². The van der Waals surface area contributed by atoms with Crippen LogP contribution in [0.3, 0.4) is 0 Å². The van der Waals surface area contributed by atoms with Gasteiger partial charge in [-0.05, 0) is 72.8 Å². The third-order valence-corrected chi connectivity index (χ3v) is 3.33. The summed E-state index contributed by atoms with van der Waals surface area (Å²) in [7, 11) is 0. The highest BCUT2D eigenvalue weighted by atomic mass is 16.1. The highest BCUT2D eigenvalue weighted by Gasteiger charge is 1.95. The van der Waals surface area contributed by atoms with E-state index in [1.165, 1.54) is 0 Å². The van der Waals surface area contributed by atoms with E-state index in [9.17, 15) is 4.79 Å². The number of aldehydes is 1. The van der Waals surface area contributed by atoms with Gasteiger partial charge in [0.1, 0.15) is 6.29 Å².